The third-order valence-electron chi connectivity index (χ3n) is 6.35. The zero-order valence-corrected chi connectivity index (χ0v) is 18.9. The van der Waals surface area contributed by atoms with Crippen LogP contribution in [0.2, 0.25) is 0 Å². The second kappa shape index (κ2) is 8.63. The van der Waals surface area contributed by atoms with Gasteiger partial charge in [-0.05, 0) is 78.8 Å². The summed E-state index contributed by atoms with van der Waals surface area (Å²) in [6, 6.07) is 20.3. The molecule has 1 N–H and O–H groups in total. The number of sulfonamides is 1. The Morgan fingerprint density at radius 3 is 2.33 bits per heavy atom. The summed E-state index contributed by atoms with van der Waals surface area (Å²) in [7, 11) is -3.81. The minimum Gasteiger partial charge on any atom is -0.332 e. The third-order valence-corrected chi connectivity index (χ3v) is 7.75. The summed E-state index contributed by atoms with van der Waals surface area (Å²) in [5, 5.41) is 0. The molecule has 0 heterocycles. The van der Waals surface area contributed by atoms with E-state index in [0.717, 1.165) is 43.4 Å². The number of halogens is 1. The largest absolute Gasteiger partial charge is 0.332 e. The van der Waals surface area contributed by atoms with Crippen molar-refractivity contribution in [1.29, 1.82) is 0 Å². The standard InChI is InChI=1S/C26H25FN2O3S/c27-20-8-14-23(15-9-20)33(31,32)28-21-10-5-18(6-11-21)17-26(30)29(22-12-13-22)25-16-7-19-3-1-2-4-24(19)25/h1-6,8-11,14-15,22,25,28H,7,12-13,16-17H2. The van der Waals surface area contributed by atoms with Crippen LogP contribution in [-0.2, 0) is 27.7 Å². The summed E-state index contributed by atoms with van der Waals surface area (Å²) >= 11 is 0. The van der Waals surface area contributed by atoms with Crippen LogP contribution in [0.25, 0.3) is 0 Å². The highest BCUT2D eigenvalue weighted by Crippen LogP contribution is 2.42. The van der Waals surface area contributed by atoms with Crippen LogP contribution in [0.4, 0.5) is 10.1 Å². The van der Waals surface area contributed by atoms with Crippen LogP contribution in [0, 0.1) is 5.82 Å². The first-order valence-electron chi connectivity index (χ1n) is 11.2. The first-order chi connectivity index (χ1) is 15.9. The highest BCUT2D eigenvalue weighted by molar-refractivity contribution is 7.92. The van der Waals surface area contributed by atoms with Crippen LogP contribution in [0.3, 0.4) is 0 Å². The minimum absolute atomic E-state index is 0.0138. The summed E-state index contributed by atoms with van der Waals surface area (Å²) in [5.41, 5.74) is 3.82. The van der Waals surface area contributed by atoms with Gasteiger partial charge in [0.15, 0.2) is 0 Å². The SMILES string of the molecule is O=C(Cc1ccc(NS(=O)(=O)c2ccc(F)cc2)cc1)N(C1CC1)C1CCc2ccccc21. The molecule has 0 radical (unpaired) electrons. The van der Waals surface area contributed by atoms with Gasteiger partial charge in [0, 0.05) is 11.7 Å². The molecule has 3 aromatic carbocycles. The fourth-order valence-electron chi connectivity index (χ4n) is 4.59. The Balaban J connectivity index is 1.28. The lowest BCUT2D eigenvalue weighted by molar-refractivity contribution is -0.133. The first kappa shape index (κ1) is 21.6. The molecule has 0 aliphatic heterocycles. The van der Waals surface area contributed by atoms with E-state index < -0.39 is 15.8 Å². The molecule has 33 heavy (non-hydrogen) atoms. The zero-order chi connectivity index (χ0) is 23.0. The zero-order valence-electron chi connectivity index (χ0n) is 18.1. The minimum atomic E-state index is -3.81. The second-order valence-corrected chi connectivity index (χ2v) is 10.4. The number of nitrogens with one attached hydrogen (secondary N) is 1. The molecule has 3 aromatic rings. The van der Waals surface area contributed by atoms with Gasteiger partial charge in [-0.2, -0.15) is 0 Å². The number of rotatable bonds is 7. The first-order valence-corrected chi connectivity index (χ1v) is 12.7. The normalized spacial score (nSPS) is 17.4. The maximum atomic E-state index is 13.3. The molecular formula is C26H25FN2O3S. The maximum Gasteiger partial charge on any atom is 0.261 e. The van der Waals surface area contributed by atoms with Gasteiger partial charge in [-0.3, -0.25) is 9.52 Å². The number of anilines is 1. The predicted molar refractivity (Wildman–Crippen MR) is 125 cm³/mol. The monoisotopic (exact) mass is 464 g/mol. The molecule has 0 aromatic heterocycles. The van der Waals surface area contributed by atoms with Crippen LogP contribution < -0.4 is 4.72 Å². The van der Waals surface area contributed by atoms with Gasteiger partial charge in [0.2, 0.25) is 5.91 Å². The van der Waals surface area contributed by atoms with Crippen molar-refractivity contribution in [3.05, 3.63) is 95.3 Å². The average molecular weight is 465 g/mol. The van der Waals surface area contributed by atoms with Crippen LogP contribution in [0.5, 0.6) is 0 Å². The number of benzene rings is 3. The lowest BCUT2D eigenvalue weighted by atomic mass is 10.0. The number of carbonyl (C=O) groups excluding carboxylic acids is 1. The molecule has 5 rings (SSSR count). The fraction of sp³-hybridized carbons (Fsp3) is 0.269. The predicted octanol–water partition coefficient (Wildman–Crippen LogP) is 4.85. The van der Waals surface area contributed by atoms with Crippen molar-refractivity contribution in [3.8, 4) is 0 Å². The van der Waals surface area contributed by atoms with E-state index in [0.29, 0.717) is 11.7 Å². The van der Waals surface area contributed by atoms with E-state index in [9.17, 15) is 17.6 Å². The molecule has 2 aliphatic carbocycles. The molecule has 170 valence electrons. The quantitative estimate of drug-likeness (QED) is 0.544. The van der Waals surface area contributed by atoms with E-state index in [1.807, 2.05) is 6.07 Å². The Morgan fingerprint density at radius 2 is 1.64 bits per heavy atom. The lowest BCUT2D eigenvalue weighted by Gasteiger charge is -2.30. The molecule has 0 spiro atoms. The van der Waals surface area contributed by atoms with Gasteiger partial charge in [0.05, 0.1) is 17.4 Å². The van der Waals surface area contributed by atoms with Gasteiger partial charge in [-0.15, -0.1) is 0 Å². The number of fused-ring (bicyclic) bond motifs is 1. The van der Waals surface area contributed by atoms with Crippen molar-refractivity contribution in [2.45, 2.75) is 49.1 Å². The number of carbonyl (C=O) groups is 1. The highest BCUT2D eigenvalue weighted by Gasteiger charge is 2.40. The molecule has 1 fully saturated rings. The van der Waals surface area contributed by atoms with Crippen molar-refractivity contribution in [1.82, 2.24) is 4.90 Å². The molecule has 1 amide bonds. The van der Waals surface area contributed by atoms with Crippen molar-refractivity contribution in [3.63, 3.8) is 0 Å². The second-order valence-electron chi connectivity index (χ2n) is 8.72. The van der Waals surface area contributed by atoms with E-state index >= 15 is 0 Å². The van der Waals surface area contributed by atoms with Gasteiger partial charge in [-0.1, -0.05) is 36.4 Å². The van der Waals surface area contributed by atoms with Crippen molar-refractivity contribution < 1.29 is 17.6 Å². The van der Waals surface area contributed by atoms with Crippen LogP contribution in [0.15, 0.2) is 77.7 Å². The summed E-state index contributed by atoms with van der Waals surface area (Å²) in [6.07, 6.45) is 4.34. The van der Waals surface area contributed by atoms with E-state index in [1.54, 1.807) is 24.3 Å². The Morgan fingerprint density at radius 1 is 0.939 bits per heavy atom. The fourth-order valence-corrected chi connectivity index (χ4v) is 5.65. The highest BCUT2D eigenvalue weighted by atomic mass is 32.2. The lowest BCUT2D eigenvalue weighted by Crippen LogP contribution is -2.37. The topological polar surface area (TPSA) is 66.5 Å². The van der Waals surface area contributed by atoms with Gasteiger partial charge < -0.3 is 4.90 Å². The van der Waals surface area contributed by atoms with Gasteiger partial charge in [0.1, 0.15) is 5.82 Å². The van der Waals surface area contributed by atoms with E-state index in [1.165, 1.54) is 23.3 Å². The number of hydrogen-bond acceptors (Lipinski definition) is 3. The molecule has 1 saturated carbocycles. The molecule has 1 unspecified atom stereocenters. The summed E-state index contributed by atoms with van der Waals surface area (Å²) in [4.78, 5) is 15.4. The smallest absolute Gasteiger partial charge is 0.261 e. The van der Waals surface area contributed by atoms with Gasteiger partial charge >= 0.3 is 0 Å². The van der Waals surface area contributed by atoms with Gasteiger partial charge in [-0.25, -0.2) is 12.8 Å². The molecular weight excluding hydrogens is 439 g/mol. The van der Waals surface area contributed by atoms with E-state index in [4.69, 9.17) is 0 Å². The molecule has 1 atom stereocenters. The van der Waals surface area contributed by atoms with Gasteiger partial charge in [0.25, 0.3) is 10.0 Å². The molecule has 7 heteroatoms. The molecule has 0 bridgehead atoms. The number of nitrogens with zero attached hydrogens (tertiary/aromatic N) is 1. The van der Waals surface area contributed by atoms with E-state index in [2.05, 4.69) is 27.8 Å². The number of aryl methyl sites for hydroxylation is 1. The Labute approximate surface area is 193 Å². The summed E-state index contributed by atoms with van der Waals surface area (Å²) in [6.45, 7) is 0. The van der Waals surface area contributed by atoms with Crippen molar-refractivity contribution >= 4 is 21.6 Å². The van der Waals surface area contributed by atoms with Crippen LogP contribution in [0.1, 0.15) is 42.0 Å². The third kappa shape index (κ3) is 4.64. The molecule has 2 aliphatic rings. The van der Waals surface area contributed by atoms with Crippen molar-refractivity contribution in [2.75, 3.05) is 4.72 Å². The Bertz CT molecular complexity index is 1270. The van der Waals surface area contributed by atoms with Crippen LogP contribution in [-0.4, -0.2) is 25.3 Å². The Kier molecular flexibility index (Phi) is 5.66. The maximum absolute atomic E-state index is 13.3. The summed E-state index contributed by atoms with van der Waals surface area (Å²) < 4.78 is 40.6. The Hall–Kier alpha value is -3.19. The van der Waals surface area contributed by atoms with E-state index in [-0.39, 0.29) is 23.3 Å². The number of amides is 1. The number of hydrogen-bond donors (Lipinski definition) is 1. The van der Waals surface area contributed by atoms with Crippen LogP contribution >= 0.6 is 0 Å². The average Bonchev–Trinajstić information content (AvgIpc) is 3.55. The summed E-state index contributed by atoms with van der Waals surface area (Å²) in [5.74, 6) is -0.386. The van der Waals surface area contributed by atoms with Crippen molar-refractivity contribution in [2.24, 2.45) is 0 Å². The molecule has 0 saturated heterocycles. The molecule has 5 nitrogen and oxygen atoms in total.